The maximum absolute atomic E-state index is 13.8. The molecule has 1 amide bonds. The molecule has 31 heavy (non-hydrogen) atoms. The van der Waals surface area contributed by atoms with Gasteiger partial charge < -0.3 is 15.0 Å². The van der Waals surface area contributed by atoms with Gasteiger partial charge in [-0.15, -0.1) is 0 Å². The molecule has 2 saturated heterocycles. The Labute approximate surface area is 181 Å². The Morgan fingerprint density at radius 2 is 1.97 bits per heavy atom. The van der Waals surface area contributed by atoms with E-state index in [-0.39, 0.29) is 11.3 Å². The van der Waals surface area contributed by atoms with E-state index in [1.807, 2.05) is 4.90 Å². The van der Waals surface area contributed by atoms with Crippen molar-refractivity contribution in [2.24, 2.45) is 17.3 Å². The van der Waals surface area contributed by atoms with Gasteiger partial charge in [0.15, 0.2) is 0 Å². The summed E-state index contributed by atoms with van der Waals surface area (Å²) in [5.41, 5.74) is -0.587. The summed E-state index contributed by atoms with van der Waals surface area (Å²) in [5, 5.41) is 3.38. The lowest BCUT2D eigenvalue weighted by atomic mass is 9.79. The number of nitrogens with one attached hydrogen (secondary N) is 1. The topological polar surface area (TPSA) is 54.5 Å². The van der Waals surface area contributed by atoms with E-state index in [1.165, 1.54) is 19.0 Å². The van der Waals surface area contributed by atoms with E-state index in [1.54, 1.807) is 0 Å². The van der Waals surface area contributed by atoms with E-state index in [0.717, 1.165) is 44.5 Å². The van der Waals surface area contributed by atoms with Gasteiger partial charge in [0.2, 0.25) is 5.91 Å². The molecule has 0 aromatic carbocycles. The highest BCUT2D eigenvalue weighted by molar-refractivity contribution is 5.83. The predicted octanol–water partition coefficient (Wildman–Crippen LogP) is 3.68. The normalized spacial score (nSPS) is 25.0. The Morgan fingerprint density at radius 1 is 1.19 bits per heavy atom. The number of halogens is 3. The third-order valence-electron chi connectivity index (χ3n) is 6.97. The lowest BCUT2D eigenvalue weighted by Gasteiger charge is -2.37. The molecule has 1 unspecified atom stereocenters. The molecular formula is C23H32F3N3O2. The summed E-state index contributed by atoms with van der Waals surface area (Å²) in [5.74, 6) is 1.20. The van der Waals surface area contributed by atoms with E-state index >= 15 is 0 Å². The van der Waals surface area contributed by atoms with Crippen molar-refractivity contribution < 1.29 is 22.7 Å². The second-order valence-electron chi connectivity index (χ2n) is 9.49. The van der Waals surface area contributed by atoms with E-state index in [9.17, 15) is 18.0 Å². The molecule has 0 radical (unpaired) electrons. The highest BCUT2D eigenvalue weighted by atomic mass is 19.4. The first-order valence-corrected chi connectivity index (χ1v) is 11.4. The van der Waals surface area contributed by atoms with Crippen molar-refractivity contribution in [2.75, 3.05) is 39.4 Å². The van der Waals surface area contributed by atoms with Gasteiger partial charge in [0.25, 0.3) is 0 Å². The highest BCUT2D eigenvalue weighted by Gasteiger charge is 2.47. The second kappa shape index (κ2) is 9.45. The van der Waals surface area contributed by atoms with Crippen molar-refractivity contribution in [1.29, 1.82) is 0 Å². The van der Waals surface area contributed by atoms with Crippen LogP contribution in [0, 0.1) is 17.3 Å². The molecule has 5 nitrogen and oxygen atoms in total. The molecule has 0 bridgehead atoms. The summed E-state index contributed by atoms with van der Waals surface area (Å²) in [6.45, 7) is 4.05. The third-order valence-corrected chi connectivity index (χ3v) is 6.97. The molecule has 1 aliphatic carbocycles. The van der Waals surface area contributed by atoms with E-state index in [4.69, 9.17) is 4.74 Å². The first-order chi connectivity index (χ1) is 14.9. The minimum Gasteiger partial charge on any atom is -0.381 e. The van der Waals surface area contributed by atoms with E-state index in [2.05, 4.69) is 10.3 Å². The highest BCUT2D eigenvalue weighted by Crippen LogP contribution is 2.44. The fourth-order valence-corrected chi connectivity index (χ4v) is 4.96. The first-order valence-electron chi connectivity index (χ1n) is 11.4. The zero-order chi connectivity index (χ0) is 21.9. The predicted molar refractivity (Wildman–Crippen MR) is 110 cm³/mol. The number of carbonyl (C=O) groups is 1. The van der Waals surface area contributed by atoms with Crippen molar-refractivity contribution in [2.45, 2.75) is 51.1 Å². The van der Waals surface area contributed by atoms with Crippen LogP contribution in [0.25, 0.3) is 0 Å². The summed E-state index contributed by atoms with van der Waals surface area (Å²) >= 11 is 0. The molecule has 1 N–H and O–H groups in total. The standard InChI is InChI=1S/C23H32F3N3O2/c24-23(25,26)20-11-19(13-28-14-20)3-8-29(15-18-4-9-31-10-5-18)21(30)22(6-7-27-16-22)12-17-1-2-17/h11,13-14,17-18,27H,1-10,12,15-16H2. The Hall–Kier alpha value is -1.67. The van der Waals surface area contributed by atoms with Crippen LogP contribution in [0.15, 0.2) is 18.5 Å². The molecule has 8 heteroatoms. The number of rotatable bonds is 8. The molecule has 0 spiro atoms. The number of hydrogen-bond acceptors (Lipinski definition) is 4. The number of alkyl halides is 3. The van der Waals surface area contributed by atoms with Gasteiger partial charge >= 0.3 is 6.18 Å². The van der Waals surface area contributed by atoms with Crippen LogP contribution in [-0.4, -0.2) is 55.2 Å². The van der Waals surface area contributed by atoms with E-state index in [0.29, 0.717) is 56.7 Å². The molecule has 2 aliphatic heterocycles. The number of ether oxygens (including phenoxy) is 1. The number of amides is 1. The van der Waals surface area contributed by atoms with Crippen LogP contribution in [0.4, 0.5) is 13.2 Å². The summed E-state index contributed by atoms with van der Waals surface area (Å²) in [7, 11) is 0. The monoisotopic (exact) mass is 439 g/mol. The average Bonchev–Trinajstić information content (AvgIpc) is 3.44. The molecule has 3 aliphatic rings. The fourth-order valence-electron chi connectivity index (χ4n) is 4.96. The quantitative estimate of drug-likeness (QED) is 0.672. The van der Waals surface area contributed by atoms with Crippen molar-refractivity contribution >= 4 is 5.91 Å². The minimum atomic E-state index is -4.41. The Balaban J connectivity index is 1.49. The fraction of sp³-hybridized carbons (Fsp3) is 0.739. The molecular weight excluding hydrogens is 407 g/mol. The van der Waals surface area contributed by atoms with Gasteiger partial charge in [-0.3, -0.25) is 9.78 Å². The maximum Gasteiger partial charge on any atom is 0.417 e. The largest absolute Gasteiger partial charge is 0.417 e. The molecule has 172 valence electrons. The van der Waals surface area contributed by atoms with Gasteiger partial charge in [-0.1, -0.05) is 12.8 Å². The molecule has 1 aromatic rings. The van der Waals surface area contributed by atoms with Crippen LogP contribution < -0.4 is 5.32 Å². The Kier molecular flexibility index (Phi) is 6.86. The summed E-state index contributed by atoms with van der Waals surface area (Å²) in [6.07, 6.45) is 4.29. The lowest BCUT2D eigenvalue weighted by molar-refractivity contribution is -0.143. The first kappa shape index (κ1) is 22.5. The number of hydrogen-bond donors (Lipinski definition) is 1. The van der Waals surface area contributed by atoms with Crippen LogP contribution in [0.5, 0.6) is 0 Å². The van der Waals surface area contributed by atoms with Crippen LogP contribution in [0.1, 0.15) is 49.7 Å². The molecule has 4 rings (SSSR count). The van der Waals surface area contributed by atoms with Crippen molar-refractivity contribution in [1.82, 2.24) is 15.2 Å². The van der Waals surface area contributed by atoms with Gasteiger partial charge in [-0.25, -0.2) is 0 Å². The average molecular weight is 440 g/mol. The third kappa shape index (κ3) is 5.77. The number of pyridine rings is 1. The van der Waals surface area contributed by atoms with Gasteiger partial charge in [0.05, 0.1) is 11.0 Å². The van der Waals surface area contributed by atoms with Gasteiger partial charge in [-0.05, 0) is 62.1 Å². The Bertz CT molecular complexity index is 755. The summed E-state index contributed by atoms with van der Waals surface area (Å²) in [6, 6.07) is 1.15. The maximum atomic E-state index is 13.8. The number of aromatic nitrogens is 1. The lowest BCUT2D eigenvalue weighted by Crippen LogP contribution is -2.48. The SMILES string of the molecule is O=C(N(CCc1cncc(C(F)(F)F)c1)CC1CCOCC1)C1(CC2CC2)CCNC1. The molecule has 1 saturated carbocycles. The van der Waals surface area contributed by atoms with Crippen LogP contribution in [0.3, 0.4) is 0 Å². The zero-order valence-electron chi connectivity index (χ0n) is 17.9. The van der Waals surface area contributed by atoms with Crippen molar-refractivity contribution in [3.8, 4) is 0 Å². The number of carbonyl (C=O) groups excluding carboxylic acids is 1. The van der Waals surface area contributed by atoms with Crippen LogP contribution >= 0.6 is 0 Å². The zero-order valence-corrected chi connectivity index (χ0v) is 17.9. The van der Waals surface area contributed by atoms with Crippen molar-refractivity contribution in [3.05, 3.63) is 29.6 Å². The van der Waals surface area contributed by atoms with Crippen molar-refractivity contribution in [3.63, 3.8) is 0 Å². The smallest absolute Gasteiger partial charge is 0.381 e. The van der Waals surface area contributed by atoms with Crippen LogP contribution in [0.2, 0.25) is 0 Å². The molecule has 3 heterocycles. The van der Waals surface area contributed by atoms with Crippen LogP contribution in [-0.2, 0) is 22.1 Å². The molecule has 3 fully saturated rings. The van der Waals surface area contributed by atoms with Gasteiger partial charge in [0, 0.05) is 45.2 Å². The van der Waals surface area contributed by atoms with Gasteiger partial charge in [0.1, 0.15) is 0 Å². The Morgan fingerprint density at radius 3 is 2.61 bits per heavy atom. The van der Waals surface area contributed by atoms with Gasteiger partial charge in [-0.2, -0.15) is 13.2 Å². The second-order valence-corrected chi connectivity index (χ2v) is 9.49. The summed E-state index contributed by atoms with van der Waals surface area (Å²) in [4.78, 5) is 19.5. The minimum absolute atomic E-state index is 0.177. The molecule has 1 atom stereocenters. The van der Waals surface area contributed by atoms with E-state index < -0.39 is 11.7 Å². The number of nitrogens with zero attached hydrogens (tertiary/aromatic N) is 2. The molecule has 1 aromatic heterocycles. The summed E-state index contributed by atoms with van der Waals surface area (Å²) < 4.78 is 44.7.